The maximum atomic E-state index is 12.9. The highest BCUT2D eigenvalue weighted by Crippen LogP contribution is 2.26. The van der Waals surface area contributed by atoms with E-state index in [2.05, 4.69) is 13.8 Å². The van der Waals surface area contributed by atoms with Gasteiger partial charge in [-0.05, 0) is 44.4 Å². The highest BCUT2D eigenvalue weighted by atomic mass is 16.2. The van der Waals surface area contributed by atoms with E-state index in [1.807, 2.05) is 29.2 Å². The standard InChI is InChI=1S/C18H28N2O/c1-14(2)20(13-15-8-7-11-17(19)12-15)18(21)16-9-5-3-4-6-10-16/h7-8,11-12,14,16H,3-6,9-10,13,19H2,1-2H3. The normalized spacial score (nSPS) is 16.7. The average Bonchev–Trinajstić information content (AvgIpc) is 2.73. The third kappa shape index (κ3) is 4.48. The van der Waals surface area contributed by atoms with Crippen LogP contribution in [0.4, 0.5) is 5.69 Å². The molecule has 0 radical (unpaired) electrons. The molecule has 0 saturated heterocycles. The van der Waals surface area contributed by atoms with Crippen molar-refractivity contribution in [2.45, 2.75) is 65.0 Å². The van der Waals surface area contributed by atoms with Gasteiger partial charge in [0.2, 0.25) is 5.91 Å². The number of benzene rings is 1. The van der Waals surface area contributed by atoms with Crippen LogP contribution < -0.4 is 5.73 Å². The molecular weight excluding hydrogens is 260 g/mol. The lowest BCUT2D eigenvalue weighted by atomic mass is 9.97. The van der Waals surface area contributed by atoms with Gasteiger partial charge < -0.3 is 10.6 Å². The van der Waals surface area contributed by atoms with Crippen molar-refractivity contribution in [3.05, 3.63) is 29.8 Å². The van der Waals surface area contributed by atoms with Crippen LogP contribution in [0.15, 0.2) is 24.3 Å². The minimum Gasteiger partial charge on any atom is -0.399 e. The van der Waals surface area contributed by atoms with E-state index in [0.29, 0.717) is 12.5 Å². The average molecular weight is 288 g/mol. The largest absolute Gasteiger partial charge is 0.399 e. The fourth-order valence-corrected chi connectivity index (χ4v) is 3.16. The fourth-order valence-electron chi connectivity index (χ4n) is 3.16. The lowest BCUT2D eigenvalue weighted by molar-refractivity contribution is -0.138. The number of hydrogen-bond acceptors (Lipinski definition) is 2. The molecule has 2 N–H and O–H groups in total. The molecule has 3 heteroatoms. The maximum absolute atomic E-state index is 12.9. The molecule has 1 aliphatic carbocycles. The highest BCUT2D eigenvalue weighted by Gasteiger charge is 2.26. The van der Waals surface area contributed by atoms with Gasteiger partial charge in [-0.1, -0.05) is 37.8 Å². The molecule has 0 spiro atoms. The molecule has 21 heavy (non-hydrogen) atoms. The van der Waals surface area contributed by atoms with E-state index in [-0.39, 0.29) is 12.0 Å². The van der Waals surface area contributed by atoms with Gasteiger partial charge in [-0.3, -0.25) is 4.79 Å². The zero-order valence-electron chi connectivity index (χ0n) is 13.3. The quantitative estimate of drug-likeness (QED) is 0.673. The zero-order valence-corrected chi connectivity index (χ0v) is 13.3. The molecule has 1 aromatic carbocycles. The molecule has 1 saturated carbocycles. The molecule has 1 aliphatic rings. The van der Waals surface area contributed by atoms with Gasteiger partial charge in [0.25, 0.3) is 0 Å². The zero-order chi connectivity index (χ0) is 15.2. The first-order valence-corrected chi connectivity index (χ1v) is 8.23. The van der Waals surface area contributed by atoms with Crippen molar-refractivity contribution < 1.29 is 4.79 Å². The molecule has 116 valence electrons. The summed E-state index contributed by atoms with van der Waals surface area (Å²) >= 11 is 0. The lowest BCUT2D eigenvalue weighted by Gasteiger charge is -2.30. The predicted molar refractivity (Wildman–Crippen MR) is 87.7 cm³/mol. The minimum atomic E-state index is 0.218. The van der Waals surface area contributed by atoms with Crippen LogP contribution in [-0.2, 0) is 11.3 Å². The third-order valence-corrected chi connectivity index (χ3v) is 4.41. The van der Waals surface area contributed by atoms with Crippen LogP contribution in [0.2, 0.25) is 0 Å². The minimum absolute atomic E-state index is 0.218. The van der Waals surface area contributed by atoms with E-state index < -0.39 is 0 Å². The number of anilines is 1. The number of hydrogen-bond donors (Lipinski definition) is 1. The molecule has 0 unspecified atom stereocenters. The number of nitrogens with two attached hydrogens (primary N) is 1. The fraction of sp³-hybridized carbons (Fsp3) is 0.611. The smallest absolute Gasteiger partial charge is 0.226 e. The molecule has 0 aliphatic heterocycles. The molecule has 1 fully saturated rings. The van der Waals surface area contributed by atoms with Crippen molar-refractivity contribution in [3.63, 3.8) is 0 Å². The Kier molecular flexibility index (Phi) is 5.66. The van der Waals surface area contributed by atoms with Crippen LogP contribution in [0.5, 0.6) is 0 Å². The number of amides is 1. The van der Waals surface area contributed by atoms with Crippen LogP contribution in [-0.4, -0.2) is 16.8 Å². The molecule has 1 aromatic rings. The summed E-state index contributed by atoms with van der Waals surface area (Å²) in [6.45, 7) is 4.86. The topological polar surface area (TPSA) is 46.3 Å². The summed E-state index contributed by atoms with van der Waals surface area (Å²) in [5, 5.41) is 0. The van der Waals surface area contributed by atoms with Crippen LogP contribution in [0.3, 0.4) is 0 Å². The summed E-state index contributed by atoms with van der Waals surface area (Å²) in [4.78, 5) is 14.9. The van der Waals surface area contributed by atoms with Crippen LogP contribution in [0.25, 0.3) is 0 Å². The second kappa shape index (κ2) is 7.48. The first-order valence-electron chi connectivity index (χ1n) is 8.23. The molecule has 0 heterocycles. The van der Waals surface area contributed by atoms with Crippen molar-refractivity contribution >= 4 is 11.6 Å². The SMILES string of the molecule is CC(C)N(Cc1cccc(N)c1)C(=O)C1CCCCCC1. The molecule has 3 nitrogen and oxygen atoms in total. The van der Waals surface area contributed by atoms with Crippen molar-refractivity contribution in [1.29, 1.82) is 0 Å². The highest BCUT2D eigenvalue weighted by molar-refractivity contribution is 5.79. The molecule has 0 atom stereocenters. The van der Waals surface area contributed by atoms with Crippen molar-refractivity contribution in [2.24, 2.45) is 5.92 Å². The van der Waals surface area contributed by atoms with Crippen molar-refractivity contribution in [3.8, 4) is 0 Å². The van der Waals surface area contributed by atoms with Crippen LogP contribution >= 0.6 is 0 Å². The summed E-state index contributed by atoms with van der Waals surface area (Å²) in [6.07, 6.45) is 7.06. The molecule has 1 amide bonds. The summed E-state index contributed by atoms with van der Waals surface area (Å²) in [7, 11) is 0. The number of carbonyl (C=O) groups excluding carboxylic acids is 1. The maximum Gasteiger partial charge on any atom is 0.226 e. The number of rotatable bonds is 4. The molecule has 0 aromatic heterocycles. The van der Waals surface area contributed by atoms with Crippen molar-refractivity contribution in [2.75, 3.05) is 5.73 Å². The Morgan fingerprint density at radius 2 is 1.90 bits per heavy atom. The molecule has 2 rings (SSSR count). The van der Waals surface area contributed by atoms with E-state index in [9.17, 15) is 4.79 Å². The Hall–Kier alpha value is -1.51. The third-order valence-electron chi connectivity index (χ3n) is 4.41. The van der Waals surface area contributed by atoms with Gasteiger partial charge in [0.05, 0.1) is 0 Å². The van der Waals surface area contributed by atoms with Gasteiger partial charge in [0, 0.05) is 24.2 Å². The van der Waals surface area contributed by atoms with Gasteiger partial charge >= 0.3 is 0 Å². The Morgan fingerprint density at radius 1 is 1.24 bits per heavy atom. The van der Waals surface area contributed by atoms with Gasteiger partial charge in [-0.2, -0.15) is 0 Å². The Balaban J connectivity index is 2.08. The Bertz CT molecular complexity index is 462. The Labute approximate surface area is 128 Å². The number of nitrogen functional groups attached to an aromatic ring is 1. The van der Waals surface area contributed by atoms with E-state index in [4.69, 9.17) is 5.73 Å². The van der Waals surface area contributed by atoms with Crippen molar-refractivity contribution in [1.82, 2.24) is 4.90 Å². The predicted octanol–water partition coefficient (Wildman–Crippen LogP) is 3.98. The Morgan fingerprint density at radius 3 is 2.48 bits per heavy atom. The van der Waals surface area contributed by atoms with Gasteiger partial charge in [0.15, 0.2) is 0 Å². The van der Waals surface area contributed by atoms with E-state index >= 15 is 0 Å². The van der Waals surface area contributed by atoms with Gasteiger partial charge in [-0.15, -0.1) is 0 Å². The number of carbonyl (C=O) groups is 1. The molecule has 0 bridgehead atoms. The van der Waals surface area contributed by atoms with Gasteiger partial charge in [0.1, 0.15) is 0 Å². The van der Waals surface area contributed by atoms with Crippen LogP contribution in [0, 0.1) is 5.92 Å². The van der Waals surface area contributed by atoms with E-state index in [1.165, 1.54) is 25.7 Å². The van der Waals surface area contributed by atoms with Gasteiger partial charge in [-0.25, -0.2) is 0 Å². The summed E-state index contributed by atoms with van der Waals surface area (Å²) in [6, 6.07) is 8.08. The second-order valence-corrected chi connectivity index (χ2v) is 6.49. The summed E-state index contributed by atoms with van der Waals surface area (Å²) < 4.78 is 0. The first-order chi connectivity index (χ1) is 10.1. The number of nitrogens with zero attached hydrogens (tertiary/aromatic N) is 1. The van der Waals surface area contributed by atoms with Crippen LogP contribution in [0.1, 0.15) is 57.9 Å². The first kappa shape index (κ1) is 15.9. The lowest BCUT2D eigenvalue weighted by Crippen LogP contribution is -2.40. The monoisotopic (exact) mass is 288 g/mol. The molecular formula is C18H28N2O. The van der Waals surface area contributed by atoms with E-state index in [0.717, 1.165) is 24.1 Å². The second-order valence-electron chi connectivity index (χ2n) is 6.49. The van der Waals surface area contributed by atoms with E-state index in [1.54, 1.807) is 0 Å². The summed E-state index contributed by atoms with van der Waals surface area (Å²) in [5.41, 5.74) is 7.73. The summed E-state index contributed by atoms with van der Waals surface area (Å²) in [5.74, 6) is 0.547.